The zero-order valence-corrected chi connectivity index (χ0v) is 11.3. The Hall–Kier alpha value is -2.81. The van der Waals surface area contributed by atoms with E-state index in [4.69, 9.17) is 4.74 Å². The molecule has 0 fully saturated rings. The van der Waals surface area contributed by atoms with Gasteiger partial charge in [0.05, 0.1) is 6.42 Å². The van der Waals surface area contributed by atoms with Gasteiger partial charge in [0.25, 0.3) is 0 Å². The van der Waals surface area contributed by atoms with Gasteiger partial charge in [-0.2, -0.15) is 0 Å². The van der Waals surface area contributed by atoms with Crippen molar-refractivity contribution in [3.05, 3.63) is 72.3 Å². The fraction of sp³-hybridized carbons (Fsp3) is 0.0556. The van der Waals surface area contributed by atoms with Crippen molar-refractivity contribution in [1.82, 2.24) is 0 Å². The van der Waals surface area contributed by atoms with Crippen LogP contribution < -0.4 is 4.74 Å². The summed E-state index contributed by atoms with van der Waals surface area (Å²) in [6.45, 7) is 0. The monoisotopic (exact) mass is 278 g/mol. The minimum atomic E-state index is -0.322. The van der Waals surface area contributed by atoms with Gasteiger partial charge in [-0.05, 0) is 17.7 Å². The van der Waals surface area contributed by atoms with E-state index in [9.17, 15) is 9.90 Å². The third-order valence-corrected chi connectivity index (χ3v) is 3.28. The summed E-state index contributed by atoms with van der Waals surface area (Å²) in [6.07, 6.45) is 0.218. The van der Waals surface area contributed by atoms with Crippen molar-refractivity contribution in [3.8, 4) is 11.5 Å². The highest BCUT2D eigenvalue weighted by atomic mass is 16.5. The average Bonchev–Trinajstić information content (AvgIpc) is 2.51. The molecule has 0 amide bonds. The van der Waals surface area contributed by atoms with Gasteiger partial charge in [-0.25, -0.2) is 0 Å². The second-order valence-electron chi connectivity index (χ2n) is 4.76. The number of phenolic OH excluding ortho intramolecular Hbond substituents is 1. The summed E-state index contributed by atoms with van der Waals surface area (Å²) in [6, 6.07) is 19.9. The summed E-state index contributed by atoms with van der Waals surface area (Å²) < 4.78 is 5.44. The van der Waals surface area contributed by atoms with Crippen LogP contribution in [0, 0.1) is 0 Å². The number of aromatic hydroxyl groups is 1. The molecule has 0 saturated carbocycles. The highest BCUT2D eigenvalue weighted by Crippen LogP contribution is 2.32. The van der Waals surface area contributed by atoms with Gasteiger partial charge < -0.3 is 9.84 Å². The molecule has 0 spiro atoms. The van der Waals surface area contributed by atoms with Crippen molar-refractivity contribution in [2.24, 2.45) is 0 Å². The predicted molar refractivity (Wildman–Crippen MR) is 81.4 cm³/mol. The lowest BCUT2D eigenvalue weighted by molar-refractivity contribution is -0.133. The molecule has 0 bridgehead atoms. The van der Waals surface area contributed by atoms with Crippen LogP contribution in [0.2, 0.25) is 0 Å². The van der Waals surface area contributed by atoms with Crippen LogP contribution in [0.15, 0.2) is 66.7 Å². The van der Waals surface area contributed by atoms with Crippen LogP contribution >= 0.6 is 0 Å². The van der Waals surface area contributed by atoms with E-state index < -0.39 is 0 Å². The van der Waals surface area contributed by atoms with Gasteiger partial charge in [0.15, 0.2) is 0 Å². The molecule has 21 heavy (non-hydrogen) atoms. The van der Waals surface area contributed by atoms with E-state index in [1.807, 2.05) is 48.5 Å². The molecule has 0 aromatic heterocycles. The van der Waals surface area contributed by atoms with Crippen LogP contribution in [-0.4, -0.2) is 11.1 Å². The molecule has 0 radical (unpaired) electrons. The highest BCUT2D eigenvalue weighted by molar-refractivity contribution is 5.94. The predicted octanol–water partition coefficient (Wildman–Crippen LogP) is 3.69. The van der Waals surface area contributed by atoms with Crippen molar-refractivity contribution < 1.29 is 14.6 Å². The van der Waals surface area contributed by atoms with Crippen LogP contribution in [0.1, 0.15) is 5.56 Å². The quantitative estimate of drug-likeness (QED) is 0.587. The number of ether oxygens (including phenoxy) is 1. The number of hydrogen-bond acceptors (Lipinski definition) is 3. The van der Waals surface area contributed by atoms with Crippen molar-refractivity contribution in [2.75, 3.05) is 0 Å². The molecule has 1 N–H and O–H groups in total. The molecular formula is C18H14O3. The van der Waals surface area contributed by atoms with Crippen molar-refractivity contribution in [2.45, 2.75) is 6.42 Å². The first-order valence-corrected chi connectivity index (χ1v) is 6.69. The van der Waals surface area contributed by atoms with Gasteiger partial charge >= 0.3 is 5.97 Å². The smallest absolute Gasteiger partial charge is 0.315 e. The third-order valence-electron chi connectivity index (χ3n) is 3.28. The Bertz CT molecular complexity index is 779. The molecule has 0 heterocycles. The van der Waals surface area contributed by atoms with E-state index in [0.29, 0.717) is 11.1 Å². The van der Waals surface area contributed by atoms with Gasteiger partial charge in [-0.15, -0.1) is 0 Å². The zero-order chi connectivity index (χ0) is 14.7. The van der Waals surface area contributed by atoms with Gasteiger partial charge in [0.1, 0.15) is 11.5 Å². The van der Waals surface area contributed by atoms with Crippen LogP contribution in [0.3, 0.4) is 0 Å². The molecular weight excluding hydrogens is 264 g/mol. The Labute approximate surface area is 122 Å². The maximum atomic E-state index is 12.0. The SMILES string of the molecule is O=C(Cc1ccccc1)Oc1ccc(O)c2ccccc12. The second kappa shape index (κ2) is 5.67. The number of carbonyl (C=O) groups is 1. The Kier molecular flexibility index (Phi) is 3.56. The summed E-state index contributed by atoms with van der Waals surface area (Å²) in [5.74, 6) is 0.315. The topological polar surface area (TPSA) is 46.5 Å². The fourth-order valence-electron chi connectivity index (χ4n) is 2.27. The van der Waals surface area contributed by atoms with E-state index in [1.165, 1.54) is 6.07 Å². The number of rotatable bonds is 3. The molecule has 0 atom stereocenters. The van der Waals surface area contributed by atoms with E-state index in [1.54, 1.807) is 12.1 Å². The molecule has 3 heteroatoms. The van der Waals surface area contributed by atoms with E-state index in [2.05, 4.69) is 0 Å². The molecule has 0 unspecified atom stereocenters. The first kappa shape index (κ1) is 13.2. The van der Waals surface area contributed by atoms with Gasteiger partial charge in [0, 0.05) is 10.8 Å². The number of carbonyl (C=O) groups excluding carboxylic acids is 1. The summed E-state index contributed by atoms with van der Waals surface area (Å²) in [7, 11) is 0. The minimum Gasteiger partial charge on any atom is -0.507 e. The lowest BCUT2D eigenvalue weighted by Crippen LogP contribution is -2.11. The Morgan fingerprint density at radius 3 is 2.29 bits per heavy atom. The maximum absolute atomic E-state index is 12.0. The molecule has 104 valence electrons. The van der Waals surface area contributed by atoms with Crippen LogP contribution in [0.5, 0.6) is 11.5 Å². The zero-order valence-electron chi connectivity index (χ0n) is 11.3. The summed E-state index contributed by atoms with van der Waals surface area (Å²) in [5.41, 5.74) is 0.908. The fourth-order valence-corrected chi connectivity index (χ4v) is 2.27. The Morgan fingerprint density at radius 1 is 0.857 bits per heavy atom. The number of fused-ring (bicyclic) bond motifs is 1. The number of esters is 1. The summed E-state index contributed by atoms with van der Waals surface area (Å²) in [5, 5.41) is 11.2. The molecule has 3 nitrogen and oxygen atoms in total. The van der Waals surface area contributed by atoms with Gasteiger partial charge in [0.2, 0.25) is 0 Å². The van der Waals surface area contributed by atoms with Gasteiger partial charge in [-0.1, -0.05) is 54.6 Å². The standard InChI is InChI=1S/C18H14O3/c19-16-10-11-17(15-9-5-4-8-14(15)16)21-18(20)12-13-6-2-1-3-7-13/h1-11,19H,12H2. The van der Waals surface area contributed by atoms with Crippen LogP contribution in [0.4, 0.5) is 0 Å². The van der Waals surface area contributed by atoms with E-state index in [-0.39, 0.29) is 18.1 Å². The van der Waals surface area contributed by atoms with Crippen molar-refractivity contribution >= 4 is 16.7 Å². The lowest BCUT2D eigenvalue weighted by atomic mass is 10.1. The van der Waals surface area contributed by atoms with E-state index in [0.717, 1.165) is 10.9 Å². The molecule has 3 aromatic carbocycles. The molecule has 0 aliphatic heterocycles. The summed E-state index contributed by atoms with van der Waals surface area (Å²) >= 11 is 0. The second-order valence-corrected chi connectivity index (χ2v) is 4.76. The minimum absolute atomic E-state index is 0.174. The number of benzene rings is 3. The third kappa shape index (κ3) is 2.87. The molecule has 0 aliphatic carbocycles. The highest BCUT2D eigenvalue weighted by Gasteiger charge is 2.10. The molecule has 0 aliphatic rings. The van der Waals surface area contributed by atoms with E-state index >= 15 is 0 Å². The first-order chi connectivity index (χ1) is 10.2. The number of hydrogen-bond donors (Lipinski definition) is 1. The average molecular weight is 278 g/mol. The van der Waals surface area contributed by atoms with Gasteiger partial charge in [-0.3, -0.25) is 4.79 Å². The first-order valence-electron chi connectivity index (χ1n) is 6.69. The molecule has 3 rings (SSSR count). The molecule has 0 saturated heterocycles. The lowest BCUT2D eigenvalue weighted by Gasteiger charge is -2.09. The largest absolute Gasteiger partial charge is 0.507 e. The van der Waals surface area contributed by atoms with Crippen molar-refractivity contribution in [3.63, 3.8) is 0 Å². The number of phenols is 1. The summed E-state index contributed by atoms with van der Waals surface area (Å²) in [4.78, 5) is 12.0. The Balaban J connectivity index is 1.85. The normalized spacial score (nSPS) is 10.5. The van der Waals surface area contributed by atoms with Crippen molar-refractivity contribution in [1.29, 1.82) is 0 Å². The Morgan fingerprint density at radius 2 is 1.52 bits per heavy atom. The van der Waals surface area contributed by atoms with Crippen LogP contribution in [-0.2, 0) is 11.2 Å². The molecule has 3 aromatic rings. The van der Waals surface area contributed by atoms with Crippen LogP contribution in [0.25, 0.3) is 10.8 Å². The maximum Gasteiger partial charge on any atom is 0.315 e.